The van der Waals surface area contributed by atoms with Gasteiger partial charge in [-0.3, -0.25) is 14.3 Å². The van der Waals surface area contributed by atoms with E-state index in [-0.39, 0.29) is 29.2 Å². The Morgan fingerprint density at radius 1 is 1.03 bits per heavy atom. The van der Waals surface area contributed by atoms with Crippen LogP contribution in [0, 0.1) is 6.92 Å². The molecule has 11 nitrogen and oxygen atoms in total. The molecule has 1 unspecified atom stereocenters. The van der Waals surface area contributed by atoms with Gasteiger partial charge in [-0.15, -0.1) is 0 Å². The maximum atomic E-state index is 13.0. The Morgan fingerprint density at radius 2 is 1.65 bits per heavy atom. The molecule has 4 rings (SSSR count). The van der Waals surface area contributed by atoms with Gasteiger partial charge in [0.1, 0.15) is 5.69 Å². The van der Waals surface area contributed by atoms with Crippen LogP contribution in [0.4, 0.5) is 5.69 Å². The molecule has 0 bridgehead atoms. The summed E-state index contributed by atoms with van der Waals surface area (Å²) in [6, 6.07) is 14.3. The van der Waals surface area contributed by atoms with Crippen LogP contribution in [0.3, 0.4) is 0 Å². The van der Waals surface area contributed by atoms with E-state index in [4.69, 9.17) is 9.47 Å². The third-order valence-corrected chi connectivity index (χ3v) is 8.07. The monoisotopic (exact) mass is 528 g/mol. The van der Waals surface area contributed by atoms with Crippen molar-refractivity contribution in [1.82, 2.24) is 13.7 Å². The smallest absolute Gasteiger partial charge is 0.338 e. The predicted octanol–water partition coefficient (Wildman–Crippen LogP) is 1.69. The van der Waals surface area contributed by atoms with Crippen LogP contribution in [-0.2, 0) is 31.3 Å². The second kappa shape index (κ2) is 10.7. The van der Waals surface area contributed by atoms with Crippen molar-refractivity contribution in [2.24, 2.45) is 7.05 Å². The van der Waals surface area contributed by atoms with Gasteiger partial charge in [0.15, 0.2) is 6.10 Å². The van der Waals surface area contributed by atoms with E-state index in [0.717, 1.165) is 0 Å². The van der Waals surface area contributed by atoms with Gasteiger partial charge in [0.05, 0.1) is 35.1 Å². The molecule has 2 aromatic carbocycles. The van der Waals surface area contributed by atoms with E-state index in [1.807, 2.05) is 6.07 Å². The number of para-hydroxylation sites is 1. The van der Waals surface area contributed by atoms with Gasteiger partial charge >= 0.3 is 5.97 Å². The normalized spacial score (nSPS) is 15.2. The molecule has 1 saturated heterocycles. The highest BCUT2D eigenvalue weighted by atomic mass is 32.2. The summed E-state index contributed by atoms with van der Waals surface area (Å²) in [7, 11) is -2.00. The molecule has 3 aromatic rings. The lowest BCUT2D eigenvalue weighted by Crippen LogP contribution is -2.40. The number of hydrogen-bond acceptors (Lipinski definition) is 7. The maximum absolute atomic E-state index is 13.0. The molecule has 1 amide bonds. The number of morpholine rings is 1. The maximum Gasteiger partial charge on any atom is 0.338 e. The average Bonchev–Trinajstić information content (AvgIpc) is 3.12. The van der Waals surface area contributed by atoms with Crippen molar-refractivity contribution >= 4 is 27.6 Å². The molecule has 1 fully saturated rings. The van der Waals surface area contributed by atoms with E-state index in [0.29, 0.717) is 24.6 Å². The first-order chi connectivity index (χ1) is 17.6. The standard InChI is InChI=1S/C25H28N4O7S/c1-17-22(24(31)29(27(17)3)20-7-5-4-6-8-20)26-23(30)18(2)36-25(32)19-9-11-21(12-10-19)37(33,34)28-13-15-35-16-14-28/h4-12,18H,13-16H2,1-3H3,(H,26,30). The zero-order valence-electron chi connectivity index (χ0n) is 20.7. The molecule has 1 N–H and O–H groups in total. The molecule has 0 aliphatic carbocycles. The van der Waals surface area contributed by atoms with Crippen molar-refractivity contribution in [1.29, 1.82) is 0 Å². The molecule has 196 valence electrons. The number of nitrogens with one attached hydrogen (secondary N) is 1. The van der Waals surface area contributed by atoms with E-state index in [9.17, 15) is 22.8 Å². The van der Waals surface area contributed by atoms with Gasteiger partial charge in [0.25, 0.3) is 11.5 Å². The Kier molecular flexibility index (Phi) is 7.62. The first-order valence-corrected chi connectivity index (χ1v) is 13.1. The van der Waals surface area contributed by atoms with Crippen molar-refractivity contribution in [2.75, 3.05) is 31.6 Å². The lowest BCUT2D eigenvalue weighted by molar-refractivity contribution is -0.123. The number of amides is 1. The first-order valence-electron chi connectivity index (χ1n) is 11.6. The van der Waals surface area contributed by atoms with Gasteiger partial charge in [-0.1, -0.05) is 18.2 Å². The van der Waals surface area contributed by atoms with Crippen LogP contribution in [0.25, 0.3) is 5.69 Å². The summed E-state index contributed by atoms with van der Waals surface area (Å²) in [5, 5.41) is 2.57. The van der Waals surface area contributed by atoms with Crippen molar-refractivity contribution in [3.8, 4) is 5.69 Å². The minimum atomic E-state index is -3.70. The van der Waals surface area contributed by atoms with Gasteiger partial charge in [0.2, 0.25) is 10.0 Å². The number of nitrogens with zero attached hydrogens (tertiary/aromatic N) is 3. The SMILES string of the molecule is Cc1c(NC(=O)C(C)OC(=O)c2ccc(S(=O)(=O)N3CCOCC3)cc2)c(=O)n(-c2ccccc2)n1C. The number of benzene rings is 2. The largest absolute Gasteiger partial charge is 0.449 e. The van der Waals surface area contributed by atoms with Crippen LogP contribution in [0.1, 0.15) is 23.0 Å². The highest BCUT2D eigenvalue weighted by molar-refractivity contribution is 7.89. The molecule has 0 radical (unpaired) electrons. The van der Waals surface area contributed by atoms with E-state index in [1.54, 1.807) is 42.9 Å². The van der Waals surface area contributed by atoms with Crippen LogP contribution >= 0.6 is 0 Å². The Morgan fingerprint density at radius 3 is 2.27 bits per heavy atom. The van der Waals surface area contributed by atoms with Gasteiger partial charge in [0, 0.05) is 20.1 Å². The number of rotatable bonds is 7. The van der Waals surface area contributed by atoms with Crippen molar-refractivity contribution in [3.05, 3.63) is 76.2 Å². The number of carbonyl (C=O) groups excluding carboxylic acids is 2. The minimum absolute atomic E-state index is 0.0472. The topological polar surface area (TPSA) is 129 Å². The number of carbonyl (C=O) groups is 2. The molecule has 0 spiro atoms. The molecular weight excluding hydrogens is 500 g/mol. The second-order valence-electron chi connectivity index (χ2n) is 8.51. The average molecular weight is 529 g/mol. The number of esters is 1. The van der Waals surface area contributed by atoms with E-state index < -0.39 is 33.6 Å². The summed E-state index contributed by atoms with van der Waals surface area (Å²) >= 11 is 0. The fraction of sp³-hybridized carbons (Fsp3) is 0.320. The molecule has 2 heterocycles. The minimum Gasteiger partial charge on any atom is -0.449 e. The Bertz CT molecular complexity index is 1460. The molecule has 1 aliphatic rings. The van der Waals surface area contributed by atoms with Crippen molar-refractivity contribution < 1.29 is 27.5 Å². The molecule has 1 atom stereocenters. The molecule has 1 aliphatic heterocycles. The molecule has 0 saturated carbocycles. The molecule has 12 heteroatoms. The number of ether oxygens (including phenoxy) is 2. The third-order valence-electron chi connectivity index (χ3n) is 6.15. The molecular formula is C25H28N4O7S. The highest BCUT2D eigenvalue weighted by Crippen LogP contribution is 2.19. The number of sulfonamides is 1. The van der Waals surface area contributed by atoms with Crippen LogP contribution < -0.4 is 10.9 Å². The summed E-state index contributed by atoms with van der Waals surface area (Å²) < 4.78 is 40.3. The van der Waals surface area contributed by atoms with E-state index >= 15 is 0 Å². The first kappa shape index (κ1) is 26.3. The van der Waals surface area contributed by atoms with Crippen molar-refractivity contribution in [2.45, 2.75) is 24.8 Å². The van der Waals surface area contributed by atoms with Gasteiger partial charge in [-0.05, 0) is 50.2 Å². The quantitative estimate of drug-likeness (QED) is 0.462. The Labute approximate surface area is 214 Å². The third kappa shape index (κ3) is 5.36. The van der Waals surface area contributed by atoms with Gasteiger partial charge < -0.3 is 14.8 Å². The Balaban J connectivity index is 1.43. The second-order valence-corrected chi connectivity index (χ2v) is 10.5. The predicted molar refractivity (Wildman–Crippen MR) is 135 cm³/mol. The molecule has 1 aromatic heterocycles. The summed E-state index contributed by atoms with van der Waals surface area (Å²) in [6.45, 7) is 4.25. The fourth-order valence-electron chi connectivity index (χ4n) is 3.92. The van der Waals surface area contributed by atoms with Crippen LogP contribution in [0.5, 0.6) is 0 Å². The van der Waals surface area contributed by atoms with Crippen LogP contribution in [0.15, 0.2) is 64.3 Å². The highest BCUT2D eigenvalue weighted by Gasteiger charge is 2.27. The summed E-state index contributed by atoms with van der Waals surface area (Å²) in [5.74, 6) is -1.48. The zero-order chi connectivity index (χ0) is 26.7. The summed E-state index contributed by atoms with van der Waals surface area (Å²) in [5.41, 5.74) is 0.907. The van der Waals surface area contributed by atoms with Crippen molar-refractivity contribution in [3.63, 3.8) is 0 Å². The van der Waals surface area contributed by atoms with E-state index in [2.05, 4.69) is 5.32 Å². The molecule has 37 heavy (non-hydrogen) atoms. The number of aromatic nitrogens is 2. The Hall–Kier alpha value is -3.74. The summed E-state index contributed by atoms with van der Waals surface area (Å²) in [4.78, 5) is 38.4. The summed E-state index contributed by atoms with van der Waals surface area (Å²) in [6.07, 6.45) is -1.21. The number of hydrogen-bond donors (Lipinski definition) is 1. The fourth-order valence-corrected chi connectivity index (χ4v) is 5.33. The van der Waals surface area contributed by atoms with Gasteiger partial charge in [-0.25, -0.2) is 17.9 Å². The van der Waals surface area contributed by atoms with E-state index in [1.165, 1.54) is 40.2 Å². The number of anilines is 1. The van der Waals surface area contributed by atoms with Crippen LogP contribution in [0.2, 0.25) is 0 Å². The lowest BCUT2D eigenvalue weighted by atomic mass is 10.2. The van der Waals surface area contributed by atoms with Gasteiger partial charge in [-0.2, -0.15) is 4.31 Å². The lowest BCUT2D eigenvalue weighted by Gasteiger charge is -2.26. The zero-order valence-corrected chi connectivity index (χ0v) is 21.5. The van der Waals surface area contributed by atoms with Crippen LogP contribution in [-0.4, -0.2) is 66.4 Å².